The molecule has 1 rings (SSSR count). The van der Waals surface area contributed by atoms with Crippen LogP contribution in [0, 0.1) is 11.8 Å². The van der Waals surface area contributed by atoms with Crippen molar-refractivity contribution in [3.8, 4) is 0 Å². The largest absolute Gasteiger partial charge is 0.364 e. The Morgan fingerprint density at radius 2 is 1.76 bits per heavy atom. The van der Waals surface area contributed by atoms with Crippen LogP contribution >= 0.6 is 0 Å². The topological polar surface area (TPSA) is 45.0 Å². The van der Waals surface area contributed by atoms with Gasteiger partial charge in [0.15, 0.2) is 0 Å². The minimum atomic E-state index is 0.315. The summed E-state index contributed by atoms with van der Waals surface area (Å²) in [5.74, 6) is 1.33. The number of nitrogens with zero attached hydrogens (tertiary/aromatic N) is 1. The lowest BCUT2D eigenvalue weighted by atomic mass is 10.1. The number of nitrogens with one attached hydrogen (secondary N) is 1. The quantitative estimate of drug-likeness (QED) is 0.765. The SMILES string of the molecule is CC(C)CN(CC(C)C)C(CN)c1ccc[nH]1. The molecule has 1 atom stereocenters. The van der Waals surface area contributed by atoms with Crippen LogP contribution in [0.25, 0.3) is 0 Å². The van der Waals surface area contributed by atoms with Gasteiger partial charge in [-0.1, -0.05) is 27.7 Å². The number of hydrogen-bond donors (Lipinski definition) is 2. The summed E-state index contributed by atoms with van der Waals surface area (Å²) in [5.41, 5.74) is 7.19. The minimum Gasteiger partial charge on any atom is -0.364 e. The molecule has 3 heteroatoms. The molecule has 0 aromatic carbocycles. The van der Waals surface area contributed by atoms with Gasteiger partial charge in [0.05, 0.1) is 6.04 Å². The van der Waals surface area contributed by atoms with E-state index in [1.54, 1.807) is 0 Å². The number of aromatic amines is 1. The van der Waals surface area contributed by atoms with Gasteiger partial charge >= 0.3 is 0 Å². The van der Waals surface area contributed by atoms with Crippen LogP contribution < -0.4 is 5.73 Å². The molecule has 3 N–H and O–H groups in total. The summed E-state index contributed by atoms with van der Waals surface area (Å²) in [7, 11) is 0. The molecule has 0 spiro atoms. The highest BCUT2D eigenvalue weighted by Gasteiger charge is 2.21. The van der Waals surface area contributed by atoms with Gasteiger partial charge in [-0.2, -0.15) is 0 Å². The average molecular weight is 237 g/mol. The Morgan fingerprint density at radius 3 is 2.12 bits per heavy atom. The first-order valence-corrected chi connectivity index (χ1v) is 6.62. The molecule has 0 saturated heterocycles. The Balaban J connectivity index is 2.78. The van der Waals surface area contributed by atoms with Gasteiger partial charge in [-0.05, 0) is 24.0 Å². The number of hydrogen-bond acceptors (Lipinski definition) is 2. The summed E-state index contributed by atoms with van der Waals surface area (Å²) < 4.78 is 0. The number of nitrogens with two attached hydrogens (primary N) is 1. The summed E-state index contributed by atoms with van der Waals surface area (Å²) in [5, 5.41) is 0. The molecule has 0 aliphatic rings. The van der Waals surface area contributed by atoms with Gasteiger partial charge in [-0.3, -0.25) is 4.90 Å². The van der Waals surface area contributed by atoms with Gasteiger partial charge in [-0.15, -0.1) is 0 Å². The standard InChI is InChI=1S/C14H27N3/c1-11(2)9-17(10-12(3)4)14(8-15)13-6-5-7-16-13/h5-7,11-12,14,16H,8-10,15H2,1-4H3. The monoisotopic (exact) mass is 237 g/mol. The highest BCUT2D eigenvalue weighted by atomic mass is 15.2. The smallest absolute Gasteiger partial charge is 0.0622 e. The Morgan fingerprint density at radius 1 is 1.18 bits per heavy atom. The van der Waals surface area contributed by atoms with Crippen LogP contribution in [0.4, 0.5) is 0 Å². The maximum atomic E-state index is 5.95. The van der Waals surface area contributed by atoms with E-state index in [1.807, 2.05) is 12.3 Å². The Bertz CT molecular complexity index is 280. The highest BCUT2D eigenvalue weighted by molar-refractivity contribution is 5.10. The molecule has 17 heavy (non-hydrogen) atoms. The number of H-pyrrole nitrogens is 1. The first kappa shape index (κ1) is 14.3. The second-order valence-electron chi connectivity index (χ2n) is 5.62. The molecule has 0 saturated carbocycles. The van der Waals surface area contributed by atoms with Crippen molar-refractivity contribution >= 4 is 0 Å². The third-order valence-electron chi connectivity index (χ3n) is 2.84. The summed E-state index contributed by atoms with van der Waals surface area (Å²) in [6.07, 6.45) is 1.97. The maximum absolute atomic E-state index is 5.95. The molecule has 0 amide bonds. The van der Waals surface area contributed by atoms with Crippen molar-refractivity contribution in [2.75, 3.05) is 19.6 Å². The van der Waals surface area contributed by atoms with Crippen LogP contribution in [-0.2, 0) is 0 Å². The summed E-state index contributed by atoms with van der Waals surface area (Å²) >= 11 is 0. The van der Waals surface area contributed by atoms with E-state index >= 15 is 0 Å². The normalized spacial score (nSPS) is 13.9. The third kappa shape index (κ3) is 4.52. The molecule has 0 radical (unpaired) electrons. The minimum absolute atomic E-state index is 0.315. The molecule has 98 valence electrons. The maximum Gasteiger partial charge on any atom is 0.0622 e. The van der Waals surface area contributed by atoms with Crippen molar-refractivity contribution in [1.29, 1.82) is 0 Å². The van der Waals surface area contributed by atoms with E-state index in [4.69, 9.17) is 5.73 Å². The Kier molecular flexibility index (Phi) is 5.72. The second kappa shape index (κ2) is 6.82. The molecule has 0 bridgehead atoms. The number of aromatic nitrogens is 1. The van der Waals surface area contributed by atoms with Gasteiger partial charge in [0, 0.05) is 31.5 Å². The molecule has 3 nitrogen and oxygen atoms in total. The fourth-order valence-corrected chi connectivity index (χ4v) is 2.29. The zero-order chi connectivity index (χ0) is 12.8. The fraction of sp³-hybridized carbons (Fsp3) is 0.714. The highest BCUT2D eigenvalue weighted by Crippen LogP contribution is 2.20. The predicted molar refractivity (Wildman–Crippen MR) is 73.8 cm³/mol. The van der Waals surface area contributed by atoms with Gasteiger partial charge in [0.2, 0.25) is 0 Å². The van der Waals surface area contributed by atoms with Crippen LogP contribution in [0.2, 0.25) is 0 Å². The van der Waals surface area contributed by atoms with Crippen LogP contribution in [0.5, 0.6) is 0 Å². The van der Waals surface area contributed by atoms with Crippen LogP contribution in [-0.4, -0.2) is 29.5 Å². The second-order valence-corrected chi connectivity index (χ2v) is 5.62. The predicted octanol–water partition coefficient (Wildman–Crippen LogP) is 2.63. The first-order chi connectivity index (χ1) is 8.04. The van der Waals surface area contributed by atoms with Crippen molar-refractivity contribution in [2.24, 2.45) is 17.6 Å². The van der Waals surface area contributed by atoms with E-state index in [1.165, 1.54) is 5.69 Å². The first-order valence-electron chi connectivity index (χ1n) is 6.62. The van der Waals surface area contributed by atoms with Crippen molar-refractivity contribution in [1.82, 2.24) is 9.88 Å². The average Bonchev–Trinajstić information content (AvgIpc) is 2.70. The van der Waals surface area contributed by atoms with Crippen molar-refractivity contribution in [3.05, 3.63) is 24.0 Å². The van der Waals surface area contributed by atoms with Crippen molar-refractivity contribution in [3.63, 3.8) is 0 Å². The van der Waals surface area contributed by atoms with Gasteiger partial charge in [0.1, 0.15) is 0 Å². The lowest BCUT2D eigenvalue weighted by Gasteiger charge is -2.33. The molecule has 1 aromatic heterocycles. The molecule has 1 unspecified atom stereocenters. The third-order valence-corrected chi connectivity index (χ3v) is 2.84. The zero-order valence-corrected chi connectivity index (χ0v) is 11.6. The van der Waals surface area contributed by atoms with Crippen LogP contribution in [0.1, 0.15) is 39.4 Å². The van der Waals surface area contributed by atoms with Crippen molar-refractivity contribution < 1.29 is 0 Å². The molecular formula is C14H27N3. The summed E-state index contributed by atoms with van der Waals surface area (Å²) in [6.45, 7) is 11.9. The van der Waals surface area contributed by atoms with E-state index in [0.717, 1.165) is 13.1 Å². The Labute approximate surface area is 105 Å². The lowest BCUT2D eigenvalue weighted by molar-refractivity contribution is 0.157. The molecule has 1 heterocycles. The summed E-state index contributed by atoms with van der Waals surface area (Å²) in [4.78, 5) is 5.79. The van der Waals surface area contributed by atoms with Crippen LogP contribution in [0.15, 0.2) is 18.3 Å². The van der Waals surface area contributed by atoms with E-state index < -0.39 is 0 Å². The molecular weight excluding hydrogens is 210 g/mol. The summed E-state index contributed by atoms with van der Waals surface area (Å²) in [6, 6.07) is 4.49. The van der Waals surface area contributed by atoms with Crippen molar-refractivity contribution in [2.45, 2.75) is 33.7 Å². The van der Waals surface area contributed by atoms with Gasteiger partial charge in [0.25, 0.3) is 0 Å². The lowest BCUT2D eigenvalue weighted by Crippen LogP contribution is -2.38. The molecule has 0 aliphatic heterocycles. The van der Waals surface area contributed by atoms with Crippen LogP contribution in [0.3, 0.4) is 0 Å². The molecule has 0 aliphatic carbocycles. The fourth-order valence-electron chi connectivity index (χ4n) is 2.29. The van der Waals surface area contributed by atoms with E-state index in [-0.39, 0.29) is 0 Å². The number of rotatable bonds is 7. The van der Waals surface area contributed by atoms with Gasteiger partial charge in [-0.25, -0.2) is 0 Å². The Hall–Kier alpha value is -0.800. The zero-order valence-electron chi connectivity index (χ0n) is 11.6. The van der Waals surface area contributed by atoms with E-state index in [0.29, 0.717) is 24.4 Å². The van der Waals surface area contributed by atoms with E-state index in [9.17, 15) is 0 Å². The molecule has 1 aromatic rings. The van der Waals surface area contributed by atoms with Gasteiger partial charge < -0.3 is 10.7 Å². The van der Waals surface area contributed by atoms with E-state index in [2.05, 4.69) is 43.6 Å². The molecule has 0 fully saturated rings.